The number of carboxylic acids is 1. The summed E-state index contributed by atoms with van der Waals surface area (Å²) in [6.07, 6.45) is 1.39. The molecule has 4 unspecified atom stereocenters. The third-order valence-corrected chi connectivity index (χ3v) is 3.65. The Labute approximate surface area is 101 Å². The first-order chi connectivity index (χ1) is 8.04. The Morgan fingerprint density at radius 2 is 2.12 bits per heavy atom. The van der Waals surface area contributed by atoms with Crippen LogP contribution in [0.2, 0.25) is 0 Å². The summed E-state index contributed by atoms with van der Waals surface area (Å²) in [5.74, 6) is -1.61. The van der Waals surface area contributed by atoms with Gasteiger partial charge in [-0.3, -0.25) is 9.59 Å². The number of morpholine rings is 1. The fraction of sp³-hybridized carbons (Fsp3) is 0.833. The number of aliphatic carboxylic acids is 1. The zero-order valence-corrected chi connectivity index (χ0v) is 10.3. The first kappa shape index (κ1) is 12.4. The molecule has 5 nitrogen and oxygen atoms in total. The molecule has 0 aromatic heterocycles. The molecule has 2 rings (SSSR count). The second-order valence-electron chi connectivity index (χ2n) is 4.98. The highest BCUT2D eigenvalue weighted by Gasteiger charge is 2.51. The number of hydrogen-bond donors (Lipinski definition) is 1. The highest BCUT2D eigenvalue weighted by Crippen LogP contribution is 2.41. The van der Waals surface area contributed by atoms with Gasteiger partial charge < -0.3 is 14.7 Å². The van der Waals surface area contributed by atoms with Crippen molar-refractivity contribution in [3.63, 3.8) is 0 Å². The largest absolute Gasteiger partial charge is 0.481 e. The third kappa shape index (κ3) is 2.44. The molecule has 1 saturated carbocycles. The van der Waals surface area contributed by atoms with Gasteiger partial charge in [0, 0.05) is 6.54 Å². The summed E-state index contributed by atoms with van der Waals surface area (Å²) >= 11 is 0. The number of amides is 1. The van der Waals surface area contributed by atoms with Crippen LogP contribution in [0.4, 0.5) is 0 Å². The van der Waals surface area contributed by atoms with E-state index in [2.05, 4.69) is 0 Å². The van der Waals surface area contributed by atoms with Crippen LogP contribution < -0.4 is 0 Å². The lowest BCUT2D eigenvalue weighted by Gasteiger charge is -2.38. The smallest absolute Gasteiger partial charge is 0.307 e. The molecule has 1 N–H and O–H groups in total. The normalized spacial score (nSPS) is 36.7. The summed E-state index contributed by atoms with van der Waals surface area (Å²) in [5, 5.41) is 8.85. The highest BCUT2D eigenvalue weighted by molar-refractivity contribution is 5.89. The number of ether oxygens (including phenoxy) is 1. The molecule has 0 aromatic carbocycles. The lowest BCUT2D eigenvalue weighted by atomic mass is 10.1. The van der Waals surface area contributed by atoms with E-state index in [0.717, 1.165) is 6.42 Å². The molecular weight excluding hydrogens is 222 g/mol. The Balaban J connectivity index is 1.99. The van der Waals surface area contributed by atoms with Gasteiger partial charge in [0.1, 0.15) is 0 Å². The molecule has 1 heterocycles. The van der Waals surface area contributed by atoms with Crippen molar-refractivity contribution in [2.24, 2.45) is 11.8 Å². The molecule has 1 amide bonds. The third-order valence-electron chi connectivity index (χ3n) is 3.65. The van der Waals surface area contributed by atoms with Gasteiger partial charge in [-0.25, -0.2) is 0 Å². The predicted octanol–water partition coefficient (Wildman–Crippen LogP) is 0.733. The molecule has 0 spiro atoms. The monoisotopic (exact) mass is 241 g/mol. The molecule has 17 heavy (non-hydrogen) atoms. The number of carbonyl (C=O) groups is 2. The predicted molar refractivity (Wildman–Crippen MR) is 60.4 cm³/mol. The lowest BCUT2D eigenvalue weighted by molar-refractivity contribution is -0.148. The van der Waals surface area contributed by atoms with E-state index in [1.165, 1.54) is 0 Å². The Morgan fingerprint density at radius 1 is 1.41 bits per heavy atom. The van der Waals surface area contributed by atoms with E-state index >= 15 is 0 Å². The quantitative estimate of drug-likeness (QED) is 0.791. The molecule has 0 bridgehead atoms. The Hall–Kier alpha value is -1.10. The summed E-state index contributed by atoms with van der Waals surface area (Å²) in [6, 6.07) is 0.105. The molecule has 4 atom stereocenters. The number of hydrogen-bond acceptors (Lipinski definition) is 3. The van der Waals surface area contributed by atoms with E-state index in [1.54, 1.807) is 0 Å². The van der Waals surface area contributed by atoms with Gasteiger partial charge in [0.05, 0.1) is 30.6 Å². The zero-order valence-electron chi connectivity index (χ0n) is 10.3. The number of carbonyl (C=O) groups excluding carboxylic acids is 1. The van der Waals surface area contributed by atoms with Gasteiger partial charge in [-0.05, 0) is 19.8 Å². The minimum atomic E-state index is -0.849. The number of nitrogens with zero attached hydrogens (tertiary/aromatic N) is 1. The van der Waals surface area contributed by atoms with Gasteiger partial charge in [0.25, 0.3) is 0 Å². The standard InChI is InChI=1S/C12H19NO4/c1-3-8-6-17-7(2)5-13(8)11(14)9-4-10(9)12(15)16/h7-10H,3-6H2,1-2H3,(H,15,16). The minimum Gasteiger partial charge on any atom is -0.481 e. The fourth-order valence-electron chi connectivity index (χ4n) is 2.41. The second kappa shape index (κ2) is 4.64. The molecule has 2 fully saturated rings. The summed E-state index contributed by atoms with van der Waals surface area (Å²) in [6.45, 7) is 5.10. The molecule has 0 aromatic rings. The molecular formula is C12H19NO4. The summed E-state index contributed by atoms with van der Waals surface area (Å²) < 4.78 is 5.53. The summed E-state index contributed by atoms with van der Waals surface area (Å²) in [7, 11) is 0. The van der Waals surface area contributed by atoms with Crippen LogP contribution in [0.3, 0.4) is 0 Å². The summed E-state index contributed by atoms with van der Waals surface area (Å²) in [5.41, 5.74) is 0. The van der Waals surface area contributed by atoms with Crippen molar-refractivity contribution < 1.29 is 19.4 Å². The van der Waals surface area contributed by atoms with Gasteiger partial charge >= 0.3 is 5.97 Å². The number of carboxylic acid groups (broad SMARTS) is 1. The van der Waals surface area contributed by atoms with Crippen molar-refractivity contribution in [3.8, 4) is 0 Å². The second-order valence-corrected chi connectivity index (χ2v) is 4.98. The van der Waals surface area contributed by atoms with Gasteiger partial charge in [0.2, 0.25) is 5.91 Å². The molecule has 1 saturated heterocycles. The topological polar surface area (TPSA) is 66.8 Å². The maximum absolute atomic E-state index is 12.2. The molecule has 96 valence electrons. The van der Waals surface area contributed by atoms with E-state index in [1.807, 2.05) is 18.7 Å². The van der Waals surface area contributed by atoms with Crippen molar-refractivity contribution in [3.05, 3.63) is 0 Å². The van der Waals surface area contributed by atoms with Crippen LogP contribution >= 0.6 is 0 Å². The van der Waals surface area contributed by atoms with Crippen molar-refractivity contribution in [1.29, 1.82) is 0 Å². The number of rotatable bonds is 3. The van der Waals surface area contributed by atoms with Crippen LogP contribution in [0.5, 0.6) is 0 Å². The van der Waals surface area contributed by atoms with Crippen LogP contribution in [0.25, 0.3) is 0 Å². The van der Waals surface area contributed by atoms with E-state index in [-0.39, 0.29) is 24.0 Å². The van der Waals surface area contributed by atoms with Crippen molar-refractivity contribution >= 4 is 11.9 Å². The van der Waals surface area contributed by atoms with Gasteiger partial charge in [-0.1, -0.05) is 6.92 Å². The van der Waals surface area contributed by atoms with E-state index in [4.69, 9.17) is 9.84 Å². The van der Waals surface area contributed by atoms with Crippen LogP contribution in [0.1, 0.15) is 26.7 Å². The maximum atomic E-state index is 12.2. The minimum absolute atomic E-state index is 0.000556. The average Bonchev–Trinajstić information content (AvgIpc) is 3.08. The van der Waals surface area contributed by atoms with Gasteiger partial charge in [-0.15, -0.1) is 0 Å². The lowest BCUT2D eigenvalue weighted by Crippen LogP contribution is -2.52. The fourth-order valence-corrected chi connectivity index (χ4v) is 2.41. The van der Waals surface area contributed by atoms with Crippen LogP contribution in [-0.4, -0.2) is 47.2 Å². The van der Waals surface area contributed by atoms with E-state index in [9.17, 15) is 9.59 Å². The van der Waals surface area contributed by atoms with Crippen LogP contribution in [0.15, 0.2) is 0 Å². The molecule has 5 heteroatoms. The molecule has 1 aliphatic carbocycles. The van der Waals surface area contributed by atoms with E-state index < -0.39 is 11.9 Å². The first-order valence-electron chi connectivity index (χ1n) is 6.19. The Morgan fingerprint density at radius 3 is 2.65 bits per heavy atom. The molecule has 0 radical (unpaired) electrons. The molecule has 1 aliphatic heterocycles. The van der Waals surface area contributed by atoms with Crippen molar-refractivity contribution in [1.82, 2.24) is 4.90 Å². The highest BCUT2D eigenvalue weighted by atomic mass is 16.5. The van der Waals surface area contributed by atoms with Crippen LogP contribution in [0, 0.1) is 11.8 Å². The van der Waals surface area contributed by atoms with Gasteiger partial charge in [0.15, 0.2) is 0 Å². The van der Waals surface area contributed by atoms with Crippen molar-refractivity contribution in [2.45, 2.75) is 38.8 Å². The molecule has 2 aliphatic rings. The average molecular weight is 241 g/mol. The van der Waals surface area contributed by atoms with Crippen LogP contribution in [-0.2, 0) is 14.3 Å². The Bertz CT molecular complexity index is 330. The van der Waals surface area contributed by atoms with E-state index in [0.29, 0.717) is 19.6 Å². The first-order valence-corrected chi connectivity index (χ1v) is 6.19. The maximum Gasteiger partial charge on any atom is 0.307 e. The van der Waals surface area contributed by atoms with Gasteiger partial charge in [-0.2, -0.15) is 0 Å². The Kier molecular flexibility index (Phi) is 3.38. The summed E-state index contributed by atoms with van der Waals surface area (Å²) in [4.78, 5) is 24.8. The van der Waals surface area contributed by atoms with Crippen molar-refractivity contribution in [2.75, 3.05) is 13.2 Å². The SMILES string of the molecule is CCC1COC(C)CN1C(=O)C1CC1C(=O)O. The zero-order chi connectivity index (χ0) is 12.6.